The molecule has 3 saturated carbocycles. The third-order valence-electron chi connectivity index (χ3n) is 4.90. The summed E-state index contributed by atoms with van der Waals surface area (Å²) in [6.07, 6.45) is 8.09. The highest BCUT2D eigenvalue weighted by Crippen LogP contribution is 2.65. The molecule has 0 heterocycles. The summed E-state index contributed by atoms with van der Waals surface area (Å²) in [7, 11) is 0. The molecule has 13 heavy (non-hydrogen) atoms. The molecule has 1 heteroatoms. The van der Waals surface area contributed by atoms with Crippen molar-refractivity contribution in [1.82, 2.24) is 0 Å². The van der Waals surface area contributed by atoms with Gasteiger partial charge >= 0.3 is 0 Å². The van der Waals surface area contributed by atoms with E-state index in [1.165, 1.54) is 38.5 Å². The van der Waals surface area contributed by atoms with Gasteiger partial charge in [0.05, 0.1) is 5.60 Å². The molecule has 0 spiro atoms. The van der Waals surface area contributed by atoms with Crippen molar-refractivity contribution < 1.29 is 5.11 Å². The molecule has 3 rings (SSSR count). The third-order valence-corrected chi connectivity index (χ3v) is 4.90. The van der Waals surface area contributed by atoms with Crippen LogP contribution < -0.4 is 0 Å². The maximum Gasteiger partial charge on any atom is 0.0739 e. The van der Waals surface area contributed by atoms with Gasteiger partial charge in [-0.3, -0.25) is 0 Å². The largest absolute Gasteiger partial charge is 0.389 e. The number of rotatable bonds is 2. The molecule has 3 aliphatic carbocycles. The molecule has 0 aromatic carbocycles. The predicted octanol–water partition coefficient (Wildman–Crippen LogP) is 2.58. The van der Waals surface area contributed by atoms with Gasteiger partial charge in [-0.2, -0.15) is 0 Å². The van der Waals surface area contributed by atoms with Gasteiger partial charge in [0.15, 0.2) is 0 Å². The fourth-order valence-electron chi connectivity index (χ4n) is 3.79. The topological polar surface area (TPSA) is 20.2 Å². The van der Waals surface area contributed by atoms with Gasteiger partial charge < -0.3 is 5.11 Å². The van der Waals surface area contributed by atoms with E-state index in [1.807, 2.05) is 0 Å². The molecule has 1 N–H and O–H groups in total. The van der Waals surface area contributed by atoms with Crippen molar-refractivity contribution in [2.24, 2.45) is 23.7 Å². The van der Waals surface area contributed by atoms with Crippen LogP contribution in [0, 0.1) is 23.7 Å². The van der Waals surface area contributed by atoms with Gasteiger partial charge in [-0.05, 0) is 49.4 Å². The molecule has 3 fully saturated rings. The fourth-order valence-corrected chi connectivity index (χ4v) is 3.79. The number of fused-ring (bicyclic) bond motifs is 1. The molecule has 0 saturated heterocycles. The Bertz CT molecular complexity index is 207. The van der Waals surface area contributed by atoms with Gasteiger partial charge in [0.1, 0.15) is 0 Å². The van der Waals surface area contributed by atoms with Gasteiger partial charge in [0.2, 0.25) is 0 Å². The lowest BCUT2D eigenvalue weighted by Crippen LogP contribution is -2.25. The first kappa shape index (κ1) is 8.28. The summed E-state index contributed by atoms with van der Waals surface area (Å²) in [6, 6.07) is 0. The van der Waals surface area contributed by atoms with Gasteiger partial charge in [-0.25, -0.2) is 0 Å². The quantitative estimate of drug-likeness (QED) is 0.692. The predicted molar refractivity (Wildman–Crippen MR) is 52.3 cm³/mol. The second kappa shape index (κ2) is 2.50. The van der Waals surface area contributed by atoms with E-state index in [-0.39, 0.29) is 5.60 Å². The van der Waals surface area contributed by atoms with E-state index >= 15 is 0 Å². The molecule has 3 aliphatic rings. The minimum absolute atomic E-state index is 0.211. The molecule has 0 radical (unpaired) electrons. The first-order chi connectivity index (χ1) is 6.24. The number of aliphatic hydroxyl groups is 1. The van der Waals surface area contributed by atoms with Crippen LogP contribution in [0.4, 0.5) is 0 Å². The SMILES string of the molecule is CC(C1CC1)C1(O)C2CCCCC21. The maximum absolute atomic E-state index is 10.6. The zero-order valence-electron chi connectivity index (χ0n) is 8.50. The van der Waals surface area contributed by atoms with E-state index in [2.05, 4.69) is 6.92 Å². The standard InChI is InChI=1S/C12H20O/c1-8(9-6-7-9)12(13)10-4-2-3-5-11(10)12/h8-11,13H,2-7H2,1H3. The van der Waals surface area contributed by atoms with Gasteiger partial charge in [0, 0.05) is 0 Å². The van der Waals surface area contributed by atoms with Crippen molar-refractivity contribution in [2.45, 2.75) is 51.0 Å². The molecule has 74 valence electrons. The van der Waals surface area contributed by atoms with Gasteiger partial charge in [0.25, 0.3) is 0 Å². The Hall–Kier alpha value is -0.0400. The Labute approximate surface area is 80.5 Å². The zero-order chi connectivity index (χ0) is 9.05. The van der Waals surface area contributed by atoms with E-state index in [4.69, 9.17) is 0 Å². The summed E-state index contributed by atoms with van der Waals surface area (Å²) in [4.78, 5) is 0. The van der Waals surface area contributed by atoms with Crippen molar-refractivity contribution in [3.63, 3.8) is 0 Å². The number of hydrogen-bond acceptors (Lipinski definition) is 1. The molecule has 0 bridgehead atoms. The van der Waals surface area contributed by atoms with Crippen LogP contribution in [0.25, 0.3) is 0 Å². The number of hydrogen-bond donors (Lipinski definition) is 1. The van der Waals surface area contributed by atoms with E-state index < -0.39 is 0 Å². The zero-order valence-corrected chi connectivity index (χ0v) is 8.50. The van der Waals surface area contributed by atoms with Gasteiger partial charge in [-0.1, -0.05) is 19.8 Å². The molecule has 0 aromatic rings. The van der Waals surface area contributed by atoms with Crippen molar-refractivity contribution in [2.75, 3.05) is 0 Å². The summed E-state index contributed by atoms with van der Waals surface area (Å²) in [5.74, 6) is 2.85. The molecular weight excluding hydrogens is 160 g/mol. The Morgan fingerprint density at radius 2 is 1.62 bits per heavy atom. The Balaban J connectivity index is 1.74. The van der Waals surface area contributed by atoms with Crippen LogP contribution in [-0.2, 0) is 0 Å². The van der Waals surface area contributed by atoms with E-state index in [0.717, 1.165) is 5.92 Å². The van der Waals surface area contributed by atoms with Crippen LogP contribution in [0.5, 0.6) is 0 Å². The monoisotopic (exact) mass is 180 g/mol. The van der Waals surface area contributed by atoms with Crippen LogP contribution in [0.2, 0.25) is 0 Å². The summed E-state index contributed by atoms with van der Waals surface area (Å²) in [5.41, 5.74) is -0.211. The van der Waals surface area contributed by atoms with Crippen LogP contribution >= 0.6 is 0 Å². The minimum atomic E-state index is -0.211. The summed E-state index contributed by atoms with van der Waals surface area (Å²) >= 11 is 0. The Morgan fingerprint density at radius 3 is 2.08 bits per heavy atom. The summed E-state index contributed by atoms with van der Waals surface area (Å²) in [6.45, 7) is 2.29. The van der Waals surface area contributed by atoms with Crippen molar-refractivity contribution >= 4 is 0 Å². The molecule has 1 nitrogen and oxygen atoms in total. The van der Waals surface area contributed by atoms with Crippen molar-refractivity contribution in [1.29, 1.82) is 0 Å². The van der Waals surface area contributed by atoms with Gasteiger partial charge in [-0.15, -0.1) is 0 Å². The van der Waals surface area contributed by atoms with Crippen molar-refractivity contribution in [3.05, 3.63) is 0 Å². The van der Waals surface area contributed by atoms with Crippen LogP contribution in [-0.4, -0.2) is 10.7 Å². The third kappa shape index (κ3) is 1.03. The molecule has 0 aromatic heterocycles. The van der Waals surface area contributed by atoms with E-state index in [0.29, 0.717) is 17.8 Å². The lowest BCUT2D eigenvalue weighted by molar-refractivity contribution is 0.0511. The highest BCUT2D eigenvalue weighted by molar-refractivity contribution is 5.17. The highest BCUT2D eigenvalue weighted by Gasteiger charge is 2.67. The molecular formula is C12H20O. The average molecular weight is 180 g/mol. The van der Waals surface area contributed by atoms with E-state index in [9.17, 15) is 5.11 Å². The smallest absolute Gasteiger partial charge is 0.0739 e. The lowest BCUT2D eigenvalue weighted by Gasteiger charge is -2.19. The second-order valence-electron chi connectivity index (χ2n) is 5.51. The Kier molecular flexibility index (Phi) is 1.59. The molecule has 3 atom stereocenters. The normalized spacial score (nSPS) is 51.2. The average Bonchev–Trinajstić information content (AvgIpc) is 3.03. The summed E-state index contributed by atoms with van der Waals surface area (Å²) < 4.78 is 0. The molecule has 0 aliphatic heterocycles. The Morgan fingerprint density at radius 1 is 1.08 bits per heavy atom. The molecule has 3 unspecified atom stereocenters. The minimum Gasteiger partial charge on any atom is -0.389 e. The first-order valence-electron chi connectivity index (χ1n) is 5.97. The second-order valence-corrected chi connectivity index (χ2v) is 5.51. The maximum atomic E-state index is 10.6. The van der Waals surface area contributed by atoms with Crippen LogP contribution in [0.15, 0.2) is 0 Å². The first-order valence-corrected chi connectivity index (χ1v) is 5.97. The molecule has 0 amide bonds. The lowest BCUT2D eigenvalue weighted by atomic mass is 9.93. The van der Waals surface area contributed by atoms with Crippen molar-refractivity contribution in [3.8, 4) is 0 Å². The van der Waals surface area contributed by atoms with Crippen LogP contribution in [0.1, 0.15) is 45.4 Å². The fraction of sp³-hybridized carbons (Fsp3) is 1.00. The van der Waals surface area contributed by atoms with Crippen LogP contribution in [0.3, 0.4) is 0 Å². The summed E-state index contributed by atoms with van der Waals surface area (Å²) in [5, 5.41) is 10.6. The van der Waals surface area contributed by atoms with E-state index in [1.54, 1.807) is 0 Å². The highest BCUT2D eigenvalue weighted by atomic mass is 16.3.